The maximum Gasteiger partial charge on any atom is 0.0946 e. The Kier molecular flexibility index (Phi) is 14.4. The number of nitrogens with zero attached hydrogens (tertiary/aromatic N) is 2. The van der Waals surface area contributed by atoms with Gasteiger partial charge in [0, 0.05) is 24.8 Å². The number of rotatable bonds is 17. The largest absolute Gasteiger partial charge is 0.376 e. The van der Waals surface area contributed by atoms with Crippen molar-refractivity contribution in [3.8, 4) is 0 Å². The second-order valence-corrected chi connectivity index (χ2v) is 7.81. The van der Waals surface area contributed by atoms with E-state index in [0.29, 0.717) is 6.10 Å². The van der Waals surface area contributed by atoms with Crippen LogP contribution >= 0.6 is 11.8 Å². The van der Waals surface area contributed by atoms with E-state index >= 15 is 0 Å². The minimum atomic E-state index is 0.311. The van der Waals surface area contributed by atoms with E-state index in [-0.39, 0.29) is 0 Å². The summed E-state index contributed by atoms with van der Waals surface area (Å²) < 4.78 is 8.32. The average Bonchev–Trinajstić information content (AvgIpc) is 3.10. The molecule has 0 N–H and O–H groups in total. The molecule has 3 nitrogen and oxygen atoms in total. The van der Waals surface area contributed by atoms with E-state index in [4.69, 9.17) is 4.74 Å². The van der Waals surface area contributed by atoms with Gasteiger partial charge in [0.05, 0.1) is 19.0 Å². The topological polar surface area (TPSA) is 27.1 Å². The molecular weight excluding hydrogens is 316 g/mol. The first kappa shape index (κ1) is 21.6. The second-order valence-electron chi connectivity index (χ2n) is 6.66. The Hall–Kier alpha value is -0.480. The number of imidazole rings is 1. The molecule has 1 atom stereocenters. The van der Waals surface area contributed by atoms with Crippen molar-refractivity contribution in [2.45, 2.75) is 90.7 Å². The van der Waals surface area contributed by atoms with Crippen molar-refractivity contribution in [3.05, 3.63) is 18.7 Å². The van der Waals surface area contributed by atoms with Crippen molar-refractivity contribution in [3.63, 3.8) is 0 Å². The van der Waals surface area contributed by atoms with Gasteiger partial charge in [-0.1, -0.05) is 65.2 Å². The zero-order valence-corrected chi connectivity index (χ0v) is 16.7. The smallest absolute Gasteiger partial charge is 0.0946 e. The first-order valence-electron chi connectivity index (χ1n) is 10.0. The summed E-state index contributed by atoms with van der Waals surface area (Å²) >= 11 is 2.05. The van der Waals surface area contributed by atoms with Gasteiger partial charge >= 0.3 is 0 Å². The lowest BCUT2D eigenvalue weighted by atomic mass is 10.1. The predicted molar refractivity (Wildman–Crippen MR) is 107 cm³/mol. The van der Waals surface area contributed by atoms with Gasteiger partial charge in [-0.3, -0.25) is 0 Å². The van der Waals surface area contributed by atoms with Gasteiger partial charge in [-0.25, -0.2) is 4.98 Å². The number of hydrogen-bond acceptors (Lipinski definition) is 3. The first-order chi connectivity index (χ1) is 11.9. The van der Waals surface area contributed by atoms with E-state index in [1.54, 1.807) is 0 Å². The SMILES string of the molecule is CCCCCCCCOC(CSCCCCCC)Cn1ccnc1. The normalized spacial score (nSPS) is 12.6. The average molecular weight is 355 g/mol. The van der Waals surface area contributed by atoms with Crippen LogP contribution in [-0.2, 0) is 11.3 Å². The molecule has 0 amide bonds. The molecular formula is C20H38N2OS. The molecule has 1 rings (SSSR count). The van der Waals surface area contributed by atoms with Gasteiger partial charge in [-0.15, -0.1) is 0 Å². The Morgan fingerprint density at radius 2 is 1.67 bits per heavy atom. The predicted octanol–water partition coefficient (Wildman–Crippen LogP) is 5.94. The molecule has 4 heteroatoms. The molecule has 1 heterocycles. The highest BCUT2D eigenvalue weighted by Gasteiger charge is 2.10. The fourth-order valence-electron chi connectivity index (χ4n) is 2.76. The fraction of sp³-hybridized carbons (Fsp3) is 0.850. The Morgan fingerprint density at radius 3 is 2.38 bits per heavy atom. The van der Waals surface area contributed by atoms with Gasteiger partial charge in [-0.05, 0) is 18.6 Å². The second kappa shape index (κ2) is 16.0. The monoisotopic (exact) mass is 354 g/mol. The standard InChI is InChI=1S/C20H38N2OS/c1-3-5-7-9-10-11-15-23-20(17-22-14-13-21-19-22)18-24-16-12-8-6-4-2/h13-14,19-20H,3-12,15-18H2,1-2H3. The van der Waals surface area contributed by atoms with Gasteiger partial charge in [-0.2, -0.15) is 11.8 Å². The van der Waals surface area contributed by atoms with Crippen LogP contribution < -0.4 is 0 Å². The molecule has 0 aliphatic heterocycles. The molecule has 1 aromatic rings. The van der Waals surface area contributed by atoms with Crippen LogP contribution in [0.4, 0.5) is 0 Å². The molecule has 0 aromatic carbocycles. The van der Waals surface area contributed by atoms with Crippen molar-refractivity contribution >= 4 is 11.8 Å². The molecule has 0 radical (unpaired) electrons. The summed E-state index contributed by atoms with van der Waals surface area (Å²) in [6.45, 7) is 6.37. The van der Waals surface area contributed by atoms with Crippen LogP contribution in [0, 0.1) is 0 Å². The number of aromatic nitrogens is 2. The Morgan fingerprint density at radius 1 is 0.958 bits per heavy atom. The van der Waals surface area contributed by atoms with E-state index in [0.717, 1.165) is 18.9 Å². The highest BCUT2D eigenvalue weighted by Crippen LogP contribution is 2.13. The third-order valence-corrected chi connectivity index (χ3v) is 5.46. The summed E-state index contributed by atoms with van der Waals surface area (Å²) in [6.07, 6.45) is 19.4. The highest BCUT2D eigenvalue weighted by atomic mass is 32.2. The van der Waals surface area contributed by atoms with Crippen molar-refractivity contribution < 1.29 is 4.74 Å². The lowest BCUT2D eigenvalue weighted by Gasteiger charge is -2.18. The zero-order chi connectivity index (χ0) is 17.3. The maximum absolute atomic E-state index is 6.18. The number of ether oxygens (including phenoxy) is 1. The third-order valence-electron chi connectivity index (χ3n) is 4.27. The van der Waals surface area contributed by atoms with Gasteiger partial charge in [0.2, 0.25) is 0 Å². The van der Waals surface area contributed by atoms with E-state index in [9.17, 15) is 0 Å². The summed E-state index contributed by atoms with van der Waals surface area (Å²) in [5.41, 5.74) is 0. The van der Waals surface area contributed by atoms with Gasteiger partial charge in [0.15, 0.2) is 0 Å². The lowest BCUT2D eigenvalue weighted by Crippen LogP contribution is -2.23. The maximum atomic E-state index is 6.18. The number of unbranched alkanes of at least 4 members (excludes halogenated alkanes) is 8. The van der Waals surface area contributed by atoms with Crippen LogP contribution in [0.5, 0.6) is 0 Å². The molecule has 0 aliphatic carbocycles. The van der Waals surface area contributed by atoms with Crippen LogP contribution in [0.25, 0.3) is 0 Å². The molecule has 0 aliphatic rings. The van der Waals surface area contributed by atoms with Crippen molar-refractivity contribution in [1.82, 2.24) is 9.55 Å². The Labute approximate surface area is 154 Å². The fourth-order valence-corrected chi connectivity index (χ4v) is 3.80. The highest BCUT2D eigenvalue weighted by molar-refractivity contribution is 7.99. The van der Waals surface area contributed by atoms with Crippen molar-refractivity contribution in [2.75, 3.05) is 18.1 Å². The van der Waals surface area contributed by atoms with E-state index in [1.807, 2.05) is 30.5 Å². The van der Waals surface area contributed by atoms with Crippen LogP contribution in [0.1, 0.15) is 78.1 Å². The van der Waals surface area contributed by atoms with Crippen molar-refractivity contribution in [2.24, 2.45) is 0 Å². The first-order valence-corrected chi connectivity index (χ1v) is 11.2. The minimum Gasteiger partial charge on any atom is -0.376 e. The molecule has 1 aromatic heterocycles. The van der Waals surface area contributed by atoms with Crippen LogP contribution in [0.15, 0.2) is 18.7 Å². The molecule has 0 fully saturated rings. The third kappa shape index (κ3) is 12.0. The van der Waals surface area contributed by atoms with E-state index in [1.165, 1.54) is 70.0 Å². The summed E-state index contributed by atoms with van der Waals surface area (Å²) in [5, 5.41) is 0. The van der Waals surface area contributed by atoms with Crippen LogP contribution in [0.2, 0.25) is 0 Å². The van der Waals surface area contributed by atoms with Gasteiger partial charge in [0.1, 0.15) is 0 Å². The number of hydrogen-bond donors (Lipinski definition) is 0. The van der Waals surface area contributed by atoms with E-state index in [2.05, 4.69) is 23.4 Å². The van der Waals surface area contributed by atoms with Crippen LogP contribution in [0.3, 0.4) is 0 Å². The summed E-state index contributed by atoms with van der Waals surface area (Å²) in [5.74, 6) is 2.36. The summed E-state index contributed by atoms with van der Waals surface area (Å²) in [6, 6.07) is 0. The minimum absolute atomic E-state index is 0.311. The lowest BCUT2D eigenvalue weighted by molar-refractivity contribution is 0.0548. The summed E-state index contributed by atoms with van der Waals surface area (Å²) in [7, 11) is 0. The quantitative estimate of drug-likeness (QED) is 0.324. The van der Waals surface area contributed by atoms with Crippen molar-refractivity contribution in [1.29, 1.82) is 0 Å². The Bertz CT molecular complexity index is 357. The number of thioether (sulfide) groups is 1. The molecule has 0 spiro atoms. The molecule has 0 saturated carbocycles. The molecule has 0 bridgehead atoms. The molecule has 24 heavy (non-hydrogen) atoms. The van der Waals surface area contributed by atoms with Crippen LogP contribution in [-0.4, -0.2) is 33.8 Å². The molecule has 1 unspecified atom stereocenters. The van der Waals surface area contributed by atoms with Gasteiger partial charge < -0.3 is 9.30 Å². The Balaban J connectivity index is 2.15. The summed E-state index contributed by atoms with van der Waals surface area (Å²) in [4.78, 5) is 4.14. The molecule has 0 saturated heterocycles. The van der Waals surface area contributed by atoms with E-state index < -0.39 is 0 Å². The van der Waals surface area contributed by atoms with Gasteiger partial charge in [0.25, 0.3) is 0 Å². The zero-order valence-electron chi connectivity index (χ0n) is 15.9. The molecule has 140 valence electrons.